The van der Waals surface area contributed by atoms with E-state index in [0.717, 1.165) is 41.4 Å². The van der Waals surface area contributed by atoms with Crippen LogP contribution < -0.4 is 15.4 Å². The zero-order valence-corrected chi connectivity index (χ0v) is 19.8. The minimum atomic E-state index is -4.28. The zero-order valence-electron chi connectivity index (χ0n) is 19.8. The van der Waals surface area contributed by atoms with E-state index in [2.05, 4.69) is 28.6 Å². The number of nitrogens with one attached hydrogen (secondary N) is 2. The average Bonchev–Trinajstić information content (AvgIpc) is 2.90. The monoisotopic (exact) mass is 472 g/mol. The largest absolute Gasteiger partial charge is 0.497 e. The van der Waals surface area contributed by atoms with Crippen molar-refractivity contribution in [2.24, 2.45) is 16.8 Å². The van der Waals surface area contributed by atoms with Gasteiger partial charge in [-0.2, -0.15) is 18.4 Å². The molecule has 1 aromatic carbocycles. The number of hydrogen-bond donors (Lipinski definition) is 2. The Labute approximate surface area is 198 Å². The fraction of sp³-hybridized carbons (Fsp3) is 0.538. The number of alkyl halides is 3. The molecule has 0 saturated heterocycles. The average molecular weight is 473 g/mol. The molecule has 3 atom stereocenters. The molecule has 34 heavy (non-hydrogen) atoms. The molecule has 3 aliphatic rings. The third-order valence-corrected chi connectivity index (χ3v) is 7.54. The number of aliphatic imine (C=N–C) groups is 1. The van der Waals surface area contributed by atoms with Crippen molar-refractivity contribution in [3.05, 3.63) is 46.7 Å². The first-order chi connectivity index (χ1) is 16.2. The summed E-state index contributed by atoms with van der Waals surface area (Å²) in [5.41, 5.74) is 4.27. The lowest BCUT2D eigenvalue weighted by Crippen LogP contribution is -2.41. The Morgan fingerprint density at radius 2 is 2.09 bits per heavy atom. The summed E-state index contributed by atoms with van der Waals surface area (Å²) >= 11 is 0. The number of hydrogen-bond acceptors (Lipinski definition) is 5. The number of allylic oxidation sites excluding steroid dienone is 1. The Kier molecular flexibility index (Phi) is 7.04. The van der Waals surface area contributed by atoms with Gasteiger partial charge in [-0.3, -0.25) is 4.99 Å². The van der Waals surface area contributed by atoms with E-state index in [9.17, 15) is 18.4 Å². The Balaban J connectivity index is 1.62. The summed E-state index contributed by atoms with van der Waals surface area (Å²) in [6, 6.07) is 6.73. The summed E-state index contributed by atoms with van der Waals surface area (Å²) in [6.07, 6.45) is 1.80. The maximum Gasteiger partial charge on any atom is 0.403 e. The molecule has 1 aliphatic heterocycles. The molecule has 2 aliphatic carbocycles. The lowest BCUT2D eigenvalue weighted by Gasteiger charge is -2.38. The normalized spacial score (nSPS) is 24.0. The molecule has 0 bridgehead atoms. The van der Waals surface area contributed by atoms with Crippen LogP contribution in [0.3, 0.4) is 0 Å². The van der Waals surface area contributed by atoms with Crippen molar-refractivity contribution in [3.8, 4) is 11.8 Å². The first-order valence-corrected chi connectivity index (χ1v) is 11.8. The van der Waals surface area contributed by atoms with E-state index < -0.39 is 12.2 Å². The first kappa shape index (κ1) is 24.3. The van der Waals surface area contributed by atoms with Gasteiger partial charge in [-0.05, 0) is 66.0 Å². The minimum absolute atomic E-state index is 0.0962. The molecule has 1 fully saturated rings. The highest BCUT2D eigenvalue weighted by atomic mass is 19.4. The van der Waals surface area contributed by atoms with Crippen molar-refractivity contribution in [1.82, 2.24) is 10.6 Å². The highest BCUT2D eigenvalue weighted by Gasteiger charge is 2.38. The molecule has 4 rings (SSSR count). The van der Waals surface area contributed by atoms with E-state index in [1.165, 1.54) is 19.3 Å². The summed E-state index contributed by atoms with van der Waals surface area (Å²) < 4.78 is 43.9. The van der Waals surface area contributed by atoms with E-state index in [4.69, 9.17) is 4.74 Å². The van der Waals surface area contributed by atoms with Crippen molar-refractivity contribution >= 4 is 11.4 Å². The number of amidine groups is 1. The molecule has 2 N–H and O–H groups in total. The highest BCUT2D eigenvalue weighted by Crippen LogP contribution is 2.49. The number of rotatable bonds is 6. The number of halogens is 3. The van der Waals surface area contributed by atoms with Crippen molar-refractivity contribution in [2.45, 2.75) is 57.7 Å². The number of nitrogens with zero attached hydrogens (tertiary/aromatic N) is 2. The Bertz CT molecular complexity index is 1060. The second kappa shape index (κ2) is 9.83. The van der Waals surface area contributed by atoms with Gasteiger partial charge < -0.3 is 15.4 Å². The third kappa shape index (κ3) is 4.85. The zero-order chi connectivity index (χ0) is 24.5. The minimum Gasteiger partial charge on any atom is -0.497 e. The van der Waals surface area contributed by atoms with Crippen LogP contribution in [0.25, 0.3) is 5.57 Å². The molecule has 3 unspecified atom stereocenters. The molecule has 0 aromatic heterocycles. The van der Waals surface area contributed by atoms with Crippen LogP contribution >= 0.6 is 0 Å². The van der Waals surface area contributed by atoms with Crippen LogP contribution in [0.1, 0.15) is 56.6 Å². The lowest BCUT2D eigenvalue weighted by molar-refractivity contribution is -0.150. The fourth-order valence-electron chi connectivity index (χ4n) is 5.10. The van der Waals surface area contributed by atoms with Gasteiger partial charge >= 0.3 is 6.18 Å². The van der Waals surface area contributed by atoms with Crippen LogP contribution in [-0.2, 0) is 0 Å². The standard InChI is InChI=1S/C26H31F3N4O/c1-15-21(18-5-4-6-18)10-23(24(11-30)20-8-7-19(34-3)9-22(15)20)25-32-13-17(14-33-25)12-31-16(2)26(27,28)29/h7-9,13,15-16,18,21,31H,4-6,10,12,14H2,1-3H3,(H,32,33). The van der Waals surface area contributed by atoms with Gasteiger partial charge in [0.15, 0.2) is 0 Å². The summed E-state index contributed by atoms with van der Waals surface area (Å²) in [7, 11) is 1.65. The van der Waals surface area contributed by atoms with Crippen LogP contribution in [0.4, 0.5) is 13.2 Å². The van der Waals surface area contributed by atoms with Crippen LogP contribution in [0.2, 0.25) is 0 Å². The van der Waals surface area contributed by atoms with Crippen molar-refractivity contribution in [3.63, 3.8) is 0 Å². The number of benzene rings is 1. The second-order valence-corrected chi connectivity index (χ2v) is 9.52. The molecule has 8 heteroatoms. The molecule has 1 aromatic rings. The predicted molar refractivity (Wildman–Crippen MR) is 126 cm³/mol. The van der Waals surface area contributed by atoms with Gasteiger partial charge in [0.2, 0.25) is 0 Å². The maximum atomic E-state index is 12.8. The first-order valence-electron chi connectivity index (χ1n) is 11.8. The van der Waals surface area contributed by atoms with Gasteiger partial charge in [-0.1, -0.05) is 26.2 Å². The van der Waals surface area contributed by atoms with Crippen LogP contribution in [0.15, 0.2) is 40.5 Å². The van der Waals surface area contributed by atoms with Crippen molar-refractivity contribution < 1.29 is 17.9 Å². The van der Waals surface area contributed by atoms with Crippen molar-refractivity contribution in [2.75, 3.05) is 20.2 Å². The SMILES string of the molecule is COc1ccc2c(c1)C(C)C(C1CCC1)CC(C1=NCC(CNC(C)C(F)(F)F)=CN1)=C2C#N. The van der Waals surface area contributed by atoms with E-state index in [1.54, 1.807) is 13.3 Å². The molecular weight excluding hydrogens is 441 g/mol. The van der Waals surface area contributed by atoms with Crippen molar-refractivity contribution in [1.29, 1.82) is 5.26 Å². The number of ether oxygens (including phenoxy) is 1. The summed E-state index contributed by atoms with van der Waals surface area (Å²) in [5, 5.41) is 15.9. The van der Waals surface area contributed by atoms with Gasteiger partial charge in [-0.15, -0.1) is 0 Å². The van der Waals surface area contributed by atoms with E-state index >= 15 is 0 Å². The van der Waals surface area contributed by atoms with E-state index in [0.29, 0.717) is 29.8 Å². The Hall–Kier alpha value is -2.79. The molecule has 5 nitrogen and oxygen atoms in total. The van der Waals surface area contributed by atoms with E-state index in [1.807, 2.05) is 18.2 Å². The smallest absolute Gasteiger partial charge is 0.403 e. The summed E-state index contributed by atoms with van der Waals surface area (Å²) in [5.74, 6) is 2.67. The predicted octanol–water partition coefficient (Wildman–Crippen LogP) is 5.32. The number of methoxy groups -OCH3 is 1. The quantitative estimate of drug-likeness (QED) is 0.588. The van der Waals surface area contributed by atoms with Gasteiger partial charge in [0.25, 0.3) is 0 Å². The van der Waals surface area contributed by atoms with Crippen LogP contribution in [0, 0.1) is 23.2 Å². The summed E-state index contributed by atoms with van der Waals surface area (Å²) in [4.78, 5) is 4.67. The molecule has 182 valence electrons. The third-order valence-electron chi connectivity index (χ3n) is 7.54. The molecular formula is C26H31F3N4O. The second-order valence-electron chi connectivity index (χ2n) is 9.52. The van der Waals surface area contributed by atoms with Gasteiger partial charge in [0, 0.05) is 18.3 Å². The lowest BCUT2D eigenvalue weighted by atomic mass is 9.67. The van der Waals surface area contributed by atoms with Gasteiger partial charge in [0.05, 0.1) is 19.2 Å². The molecule has 1 saturated carbocycles. The van der Waals surface area contributed by atoms with Crippen LogP contribution in [0.5, 0.6) is 5.75 Å². The fourth-order valence-corrected chi connectivity index (χ4v) is 5.10. The molecule has 0 spiro atoms. The van der Waals surface area contributed by atoms with E-state index in [-0.39, 0.29) is 12.5 Å². The maximum absolute atomic E-state index is 12.8. The Morgan fingerprint density at radius 3 is 2.65 bits per heavy atom. The number of nitriles is 1. The summed E-state index contributed by atoms with van der Waals surface area (Å²) in [6.45, 7) is 3.73. The highest BCUT2D eigenvalue weighted by molar-refractivity contribution is 6.08. The van der Waals surface area contributed by atoms with Gasteiger partial charge in [-0.25, -0.2) is 0 Å². The van der Waals surface area contributed by atoms with Crippen LogP contribution in [-0.4, -0.2) is 38.3 Å². The number of fused-ring (bicyclic) bond motifs is 1. The molecule has 0 amide bonds. The van der Waals surface area contributed by atoms with Gasteiger partial charge in [0.1, 0.15) is 23.7 Å². The topological polar surface area (TPSA) is 69.4 Å². The Morgan fingerprint density at radius 1 is 1.32 bits per heavy atom. The molecule has 0 radical (unpaired) electrons. The molecule has 1 heterocycles.